The Kier molecular flexibility index (Phi) is 7.06. The van der Waals surface area contributed by atoms with Crippen molar-refractivity contribution in [1.29, 1.82) is 0 Å². The third-order valence-corrected chi connectivity index (χ3v) is 4.32. The second-order valence-corrected chi connectivity index (χ2v) is 6.04. The van der Waals surface area contributed by atoms with Gasteiger partial charge in [-0.1, -0.05) is 24.8 Å². The van der Waals surface area contributed by atoms with E-state index in [0.29, 0.717) is 41.6 Å². The van der Waals surface area contributed by atoms with E-state index in [1.54, 1.807) is 20.4 Å². The Hall–Kier alpha value is -2.28. The largest absolute Gasteiger partial charge is 0.493 e. The fourth-order valence-electron chi connectivity index (χ4n) is 2.41. The number of hydrogen-bond acceptors (Lipinski definition) is 6. The third kappa shape index (κ3) is 4.85. The molecule has 0 fully saturated rings. The van der Waals surface area contributed by atoms with Gasteiger partial charge in [0.2, 0.25) is 0 Å². The molecule has 0 aliphatic carbocycles. The van der Waals surface area contributed by atoms with Gasteiger partial charge in [-0.25, -0.2) is 9.97 Å². The second kappa shape index (κ2) is 9.27. The summed E-state index contributed by atoms with van der Waals surface area (Å²) in [6.07, 6.45) is 4.90. The molecule has 1 N–H and O–H groups in total. The average Bonchev–Trinajstić information content (AvgIpc) is 2.66. The maximum Gasteiger partial charge on any atom is 0.254 e. The summed E-state index contributed by atoms with van der Waals surface area (Å²) in [7, 11) is 3.21. The first-order chi connectivity index (χ1) is 12.1. The molecule has 0 aliphatic rings. The number of ether oxygens (including phenoxy) is 2. The van der Waals surface area contributed by atoms with E-state index in [0.717, 1.165) is 11.3 Å². The molecule has 0 aliphatic heterocycles. The Labute approximate surface area is 152 Å². The molecule has 1 aromatic heterocycles. The van der Waals surface area contributed by atoms with Crippen LogP contribution in [0.1, 0.15) is 28.5 Å². The van der Waals surface area contributed by atoms with Gasteiger partial charge in [-0.2, -0.15) is 0 Å². The van der Waals surface area contributed by atoms with Crippen molar-refractivity contribution in [3.63, 3.8) is 0 Å². The maximum absolute atomic E-state index is 12.4. The van der Waals surface area contributed by atoms with Crippen LogP contribution in [0.2, 0.25) is 0 Å². The highest BCUT2D eigenvalue weighted by Gasteiger charge is 2.13. The smallest absolute Gasteiger partial charge is 0.254 e. The molecule has 7 heteroatoms. The standard InChI is InChI=1S/C18H23N3O3S/c1-5-14-13(11-20-18(21-14)25-4)17(22)19-9-8-12-6-7-15(23-2)16(10-12)24-3/h6-7,10-11H,5,8-9H2,1-4H3,(H,19,22). The van der Waals surface area contributed by atoms with Gasteiger partial charge >= 0.3 is 0 Å². The molecule has 0 unspecified atom stereocenters. The number of hydrogen-bond donors (Lipinski definition) is 1. The van der Waals surface area contributed by atoms with E-state index in [4.69, 9.17) is 9.47 Å². The van der Waals surface area contributed by atoms with Gasteiger partial charge in [0.05, 0.1) is 25.5 Å². The molecule has 1 aromatic carbocycles. The SMILES string of the molecule is CCc1nc(SC)ncc1C(=O)NCCc1ccc(OC)c(OC)c1. The number of aromatic nitrogens is 2. The van der Waals surface area contributed by atoms with E-state index in [9.17, 15) is 4.79 Å². The molecule has 1 amide bonds. The lowest BCUT2D eigenvalue weighted by Crippen LogP contribution is -2.27. The summed E-state index contributed by atoms with van der Waals surface area (Å²) < 4.78 is 10.5. The van der Waals surface area contributed by atoms with Crippen LogP contribution in [0.15, 0.2) is 29.6 Å². The minimum absolute atomic E-state index is 0.148. The summed E-state index contributed by atoms with van der Waals surface area (Å²) in [5.41, 5.74) is 2.36. The van der Waals surface area contributed by atoms with Crippen LogP contribution in [0.5, 0.6) is 11.5 Å². The Morgan fingerprint density at radius 3 is 2.64 bits per heavy atom. The van der Waals surface area contributed by atoms with Crippen molar-refractivity contribution in [2.75, 3.05) is 27.0 Å². The Morgan fingerprint density at radius 2 is 2.00 bits per heavy atom. The molecule has 1 heterocycles. The fourth-order valence-corrected chi connectivity index (χ4v) is 2.77. The molecule has 0 atom stereocenters. The van der Waals surface area contributed by atoms with Gasteiger partial charge in [-0.15, -0.1) is 0 Å². The molecule has 2 aromatic rings. The van der Waals surface area contributed by atoms with Crippen LogP contribution in [0, 0.1) is 0 Å². The number of thioether (sulfide) groups is 1. The monoisotopic (exact) mass is 361 g/mol. The topological polar surface area (TPSA) is 73.3 Å². The molecular formula is C18H23N3O3S. The van der Waals surface area contributed by atoms with E-state index < -0.39 is 0 Å². The Balaban J connectivity index is 1.99. The maximum atomic E-state index is 12.4. The van der Waals surface area contributed by atoms with Crippen molar-refractivity contribution in [3.05, 3.63) is 41.2 Å². The van der Waals surface area contributed by atoms with Crippen LogP contribution < -0.4 is 14.8 Å². The lowest BCUT2D eigenvalue weighted by Gasteiger charge is -2.11. The predicted octanol–water partition coefficient (Wildman–Crippen LogP) is 2.75. The molecule has 0 saturated carbocycles. The molecule has 0 bridgehead atoms. The first kappa shape index (κ1) is 19.1. The summed E-state index contributed by atoms with van der Waals surface area (Å²) in [5.74, 6) is 1.22. The lowest BCUT2D eigenvalue weighted by atomic mass is 10.1. The zero-order chi connectivity index (χ0) is 18.2. The number of methoxy groups -OCH3 is 2. The molecule has 0 spiro atoms. The number of aryl methyl sites for hydroxylation is 1. The number of benzene rings is 1. The Morgan fingerprint density at radius 1 is 1.24 bits per heavy atom. The first-order valence-corrected chi connectivity index (χ1v) is 9.24. The number of nitrogens with one attached hydrogen (secondary N) is 1. The van der Waals surface area contributed by atoms with Gasteiger partial charge in [-0.3, -0.25) is 4.79 Å². The molecule has 6 nitrogen and oxygen atoms in total. The number of nitrogens with zero attached hydrogens (tertiary/aromatic N) is 2. The van der Waals surface area contributed by atoms with Crippen LogP contribution >= 0.6 is 11.8 Å². The van der Waals surface area contributed by atoms with Crippen LogP contribution in [0.25, 0.3) is 0 Å². The van der Waals surface area contributed by atoms with Crippen LogP contribution in [0.4, 0.5) is 0 Å². The Bertz CT molecular complexity index is 738. The lowest BCUT2D eigenvalue weighted by molar-refractivity contribution is 0.0952. The molecule has 25 heavy (non-hydrogen) atoms. The van der Waals surface area contributed by atoms with E-state index in [-0.39, 0.29) is 5.91 Å². The predicted molar refractivity (Wildman–Crippen MR) is 98.8 cm³/mol. The fraction of sp³-hybridized carbons (Fsp3) is 0.389. The minimum Gasteiger partial charge on any atom is -0.493 e. The van der Waals surface area contributed by atoms with Gasteiger partial charge in [0.1, 0.15) is 0 Å². The van der Waals surface area contributed by atoms with Crippen LogP contribution in [-0.2, 0) is 12.8 Å². The van der Waals surface area contributed by atoms with E-state index in [2.05, 4.69) is 15.3 Å². The zero-order valence-electron chi connectivity index (χ0n) is 15.0. The van der Waals surface area contributed by atoms with Gasteiger partial charge < -0.3 is 14.8 Å². The summed E-state index contributed by atoms with van der Waals surface area (Å²) in [6.45, 7) is 2.49. The van der Waals surface area contributed by atoms with E-state index in [1.807, 2.05) is 31.4 Å². The molecule has 2 rings (SSSR count). The van der Waals surface area contributed by atoms with Gasteiger partial charge in [0.15, 0.2) is 16.7 Å². The van der Waals surface area contributed by atoms with Crippen molar-refractivity contribution in [3.8, 4) is 11.5 Å². The third-order valence-electron chi connectivity index (χ3n) is 3.75. The van der Waals surface area contributed by atoms with Crippen LogP contribution in [0.3, 0.4) is 0 Å². The number of rotatable bonds is 8. The molecule has 0 saturated heterocycles. The first-order valence-electron chi connectivity index (χ1n) is 8.01. The molecule has 0 radical (unpaired) electrons. The summed E-state index contributed by atoms with van der Waals surface area (Å²) in [4.78, 5) is 21.0. The highest BCUT2D eigenvalue weighted by Crippen LogP contribution is 2.27. The normalized spacial score (nSPS) is 10.4. The van der Waals surface area contributed by atoms with Gasteiger partial charge in [-0.05, 0) is 36.8 Å². The molecular weight excluding hydrogens is 338 g/mol. The van der Waals surface area contributed by atoms with E-state index >= 15 is 0 Å². The summed E-state index contributed by atoms with van der Waals surface area (Å²) >= 11 is 1.46. The van der Waals surface area contributed by atoms with Gasteiger partial charge in [0.25, 0.3) is 5.91 Å². The van der Waals surface area contributed by atoms with Gasteiger partial charge in [0, 0.05) is 12.7 Å². The number of carbonyl (C=O) groups is 1. The van der Waals surface area contributed by atoms with Crippen LogP contribution in [-0.4, -0.2) is 42.9 Å². The number of amides is 1. The molecule has 134 valence electrons. The second-order valence-electron chi connectivity index (χ2n) is 5.27. The summed E-state index contributed by atoms with van der Waals surface area (Å²) in [6, 6.07) is 5.74. The minimum atomic E-state index is -0.148. The van der Waals surface area contributed by atoms with Crippen molar-refractivity contribution >= 4 is 17.7 Å². The zero-order valence-corrected chi connectivity index (χ0v) is 15.8. The van der Waals surface area contributed by atoms with Crippen molar-refractivity contribution in [2.24, 2.45) is 0 Å². The highest BCUT2D eigenvalue weighted by molar-refractivity contribution is 7.98. The van der Waals surface area contributed by atoms with Crippen molar-refractivity contribution in [1.82, 2.24) is 15.3 Å². The van der Waals surface area contributed by atoms with E-state index in [1.165, 1.54) is 11.8 Å². The van der Waals surface area contributed by atoms with Crippen molar-refractivity contribution in [2.45, 2.75) is 24.9 Å². The number of carbonyl (C=O) groups excluding carboxylic acids is 1. The average molecular weight is 361 g/mol. The van der Waals surface area contributed by atoms with Crippen molar-refractivity contribution < 1.29 is 14.3 Å². The quantitative estimate of drug-likeness (QED) is 0.576. The summed E-state index contributed by atoms with van der Waals surface area (Å²) in [5, 5.41) is 3.61. The highest BCUT2D eigenvalue weighted by atomic mass is 32.2.